The van der Waals surface area contributed by atoms with Crippen LogP contribution in [-0.2, 0) is 26.2 Å². The zero-order chi connectivity index (χ0) is 27.7. The number of nitrogens with zero attached hydrogens (tertiary/aromatic N) is 2. The molecule has 1 atom stereocenters. The Kier molecular flexibility index (Phi) is 9.90. The predicted octanol–water partition coefficient (Wildman–Crippen LogP) is 4.14. The topological polar surface area (TPSA) is 96.0 Å². The number of sulfonamides is 1. The number of rotatable bonds is 12. The van der Waals surface area contributed by atoms with E-state index in [1.807, 2.05) is 19.9 Å². The molecule has 8 nitrogen and oxygen atoms in total. The molecule has 0 aliphatic rings. The van der Waals surface area contributed by atoms with Gasteiger partial charge in [0.1, 0.15) is 18.3 Å². The van der Waals surface area contributed by atoms with Gasteiger partial charge in [-0.2, -0.15) is 0 Å². The van der Waals surface area contributed by atoms with Gasteiger partial charge in [0.25, 0.3) is 10.0 Å². The van der Waals surface area contributed by atoms with Crippen LogP contribution in [0.5, 0.6) is 5.75 Å². The van der Waals surface area contributed by atoms with Gasteiger partial charge in [-0.05, 0) is 62.2 Å². The summed E-state index contributed by atoms with van der Waals surface area (Å²) >= 11 is 0. The number of methoxy groups -OCH3 is 1. The molecule has 0 aliphatic carbocycles. The maximum Gasteiger partial charge on any atom is 0.264 e. The number of carbonyl (C=O) groups excluding carboxylic acids is 2. The first-order valence-corrected chi connectivity index (χ1v) is 14.0. The van der Waals surface area contributed by atoms with Crippen LogP contribution >= 0.6 is 0 Å². The molecular weight excluding hydrogens is 502 g/mol. The molecule has 202 valence electrons. The van der Waals surface area contributed by atoms with Crippen LogP contribution in [0.3, 0.4) is 0 Å². The Morgan fingerprint density at radius 1 is 0.974 bits per heavy atom. The molecule has 38 heavy (non-hydrogen) atoms. The van der Waals surface area contributed by atoms with Crippen molar-refractivity contribution in [1.29, 1.82) is 0 Å². The summed E-state index contributed by atoms with van der Waals surface area (Å²) in [5, 5.41) is 2.83. The monoisotopic (exact) mass is 537 g/mol. The van der Waals surface area contributed by atoms with Crippen molar-refractivity contribution in [2.24, 2.45) is 0 Å². The number of para-hydroxylation sites is 1. The Morgan fingerprint density at radius 3 is 2.29 bits per heavy atom. The van der Waals surface area contributed by atoms with E-state index in [1.165, 1.54) is 17.0 Å². The van der Waals surface area contributed by atoms with Crippen molar-refractivity contribution in [3.8, 4) is 5.75 Å². The van der Waals surface area contributed by atoms with Gasteiger partial charge in [-0.25, -0.2) is 8.42 Å². The Morgan fingerprint density at radius 2 is 1.66 bits per heavy atom. The molecule has 0 spiro atoms. The minimum Gasteiger partial charge on any atom is -0.497 e. The summed E-state index contributed by atoms with van der Waals surface area (Å²) in [7, 11) is -2.53. The third-order valence-corrected chi connectivity index (χ3v) is 7.92. The maximum absolute atomic E-state index is 13.8. The van der Waals surface area contributed by atoms with Crippen LogP contribution < -0.4 is 14.4 Å². The number of benzene rings is 3. The van der Waals surface area contributed by atoms with Gasteiger partial charge in [0.15, 0.2) is 0 Å². The first kappa shape index (κ1) is 28.7. The van der Waals surface area contributed by atoms with Crippen LogP contribution in [0, 0.1) is 6.92 Å². The number of hydrogen-bond donors (Lipinski definition) is 1. The summed E-state index contributed by atoms with van der Waals surface area (Å²) in [6.45, 7) is 5.56. The maximum atomic E-state index is 13.8. The highest BCUT2D eigenvalue weighted by Gasteiger charge is 2.32. The summed E-state index contributed by atoms with van der Waals surface area (Å²) in [4.78, 5) is 28.2. The zero-order valence-corrected chi connectivity index (χ0v) is 23.1. The lowest BCUT2D eigenvalue weighted by atomic mass is 10.1. The molecule has 0 radical (unpaired) electrons. The van der Waals surface area contributed by atoms with Crippen molar-refractivity contribution < 1.29 is 22.7 Å². The molecule has 3 aromatic carbocycles. The molecule has 1 N–H and O–H groups in total. The van der Waals surface area contributed by atoms with Gasteiger partial charge < -0.3 is 15.0 Å². The van der Waals surface area contributed by atoms with E-state index in [9.17, 15) is 18.0 Å². The van der Waals surface area contributed by atoms with Gasteiger partial charge in [0.05, 0.1) is 17.7 Å². The second kappa shape index (κ2) is 13.1. The number of hydrogen-bond acceptors (Lipinski definition) is 5. The van der Waals surface area contributed by atoms with Crippen molar-refractivity contribution in [2.45, 2.75) is 44.7 Å². The fourth-order valence-corrected chi connectivity index (χ4v) is 5.32. The highest BCUT2D eigenvalue weighted by molar-refractivity contribution is 7.92. The van der Waals surface area contributed by atoms with E-state index in [4.69, 9.17) is 4.74 Å². The van der Waals surface area contributed by atoms with E-state index >= 15 is 0 Å². The Labute approximate surface area is 225 Å². The number of nitrogens with one attached hydrogen (secondary N) is 1. The number of ether oxygens (including phenoxy) is 1. The lowest BCUT2D eigenvalue weighted by Crippen LogP contribution is -2.51. The summed E-state index contributed by atoms with van der Waals surface area (Å²) in [6.07, 6.45) is 0.749. The van der Waals surface area contributed by atoms with E-state index in [1.54, 1.807) is 74.7 Å². The van der Waals surface area contributed by atoms with Crippen LogP contribution in [0.15, 0.2) is 83.8 Å². The number of anilines is 1. The van der Waals surface area contributed by atoms with Gasteiger partial charge >= 0.3 is 0 Å². The molecule has 0 aromatic heterocycles. The highest BCUT2D eigenvalue weighted by Crippen LogP contribution is 2.25. The Bertz CT molecular complexity index is 1330. The van der Waals surface area contributed by atoms with Crippen LogP contribution in [0.4, 0.5) is 5.69 Å². The summed E-state index contributed by atoms with van der Waals surface area (Å²) in [6, 6.07) is 21.4. The first-order valence-electron chi connectivity index (χ1n) is 12.5. The van der Waals surface area contributed by atoms with Crippen LogP contribution in [0.25, 0.3) is 0 Å². The molecule has 0 saturated heterocycles. The standard InChI is InChI=1S/C29H35N3O5S/c1-5-18-30-29(34)23(3)31(20-24-10-9-13-26(19-24)37-4)28(33)21-32(25-11-7-6-8-12-25)38(35,36)27-16-14-22(2)15-17-27/h6-17,19,23H,5,18,20-21H2,1-4H3,(H,30,34). The Balaban J connectivity index is 1.99. The summed E-state index contributed by atoms with van der Waals surface area (Å²) < 4.78 is 33.9. The fraction of sp³-hybridized carbons (Fsp3) is 0.310. The molecule has 0 heterocycles. The van der Waals surface area contributed by atoms with E-state index in [2.05, 4.69) is 5.32 Å². The van der Waals surface area contributed by atoms with Gasteiger partial charge in [0, 0.05) is 13.1 Å². The fourth-order valence-electron chi connectivity index (χ4n) is 3.91. The molecular formula is C29H35N3O5S. The third kappa shape index (κ3) is 7.13. The predicted molar refractivity (Wildman–Crippen MR) is 148 cm³/mol. The molecule has 3 aromatic rings. The number of aryl methyl sites for hydroxylation is 1. The van der Waals surface area contributed by atoms with Crippen molar-refractivity contribution in [3.63, 3.8) is 0 Å². The van der Waals surface area contributed by atoms with E-state index in [0.717, 1.165) is 21.9 Å². The van der Waals surface area contributed by atoms with Crippen LogP contribution in [0.1, 0.15) is 31.4 Å². The minimum atomic E-state index is -4.08. The lowest BCUT2D eigenvalue weighted by molar-refractivity contribution is -0.139. The first-order chi connectivity index (χ1) is 18.2. The van der Waals surface area contributed by atoms with E-state index in [-0.39, 0.29) is 17.3 Å². The minimum absolute atomic E-state index is 0.0767. The average molecular weight is 538 g/mol. The molecule has 3 rings (SSSR count). The molecule has 0 fully saturated rings. The SMILES string of the molecule is CCCNC(=O)C(C)N(Cc1cccc(OC)c1)C(=O)CN(c1ccccc1)S(=O)(=O)c1ccc(C)cc1. The highest BCUT2D eigenvalue weighted by atomic mass is 32.2. The Hall–Kier alpha value is -3.85. The summed E-state index contributed by atoms with van der Waals surface area (Å²) in [5.74, 6) is -0.201. The normalized spacial score (nSPS) is 11.9. The quantitative estimate of drug-likeness (QED) is 0.375. The lowest BCUT2D eigenvalue weighted by Gasteiger charge is -2.32. The van der Waals surface area contributed by atoms with Crippen molar-refractivity contribution >= 4 is 27.5 Å². The third-order valence-electron chi connectivity index (χ3n) is 6.14. The van der Waals surface area contributed by atoms with E-state index < -0.39 is 28.5 Å². The zero-order valence-electron chi connectivity index (χ0n) is 22.3. The van der Waals surface area contributed by atoms with Crippen LogP contribution in [-0.4, -0.2) is 51.4 Å². The molecule has 0 saturated carbocycles. The van der Waals surface area contributed by atoms with Gasteiger partial charge in [-0.15, -0.1) is 0 Å². The van der Waals surface area contributed by atoms with Crippen molar-refractivity contribution in [2.75, 3.05) is 24.5 Å². The molecule has 1 unspecified atom stereocenters. The largest absolute Gasteiger partial charge is 0.497 e. The van der Waals surface area contributed by atoms with Crippen molar-refractivity contribution in [1.82, 2.24) is 10.2 Å². The number of amides is 2. The van der Waals surface area contributed by atoms with E-state index in [0.29, 0.717) is 18.0 Å². The summed E-state index contributed by atoms with van der Waals surface area (Å²) in [5.41, 5.74) is 2.02. The average Bonchev–Trinajstić information content (AvgIpc) is 2.93. The second-order valence-electron chi connectivity index (χ2n) is 9.00. The second-order valence-corrected chi connectivity index (χ2v) is 10.9. The number of carbonyl (C=O) groups is 2. The van der Waals surface area contributed by atoms with Gasteiger partial charge in [-0.1, -0.05) is 55.0 Å². The molecule has 0 bridgehead atoms. The van der Waals surface area contributed by atoms with Gasteiger partial charge in [0.2, 0.25) is 11.8 Å². The molecule has 9 heteroatoms. The molecule has 0 aliphatic heterocycles. The van der Waals surface area contributed by atoms with Crippen LogP contribution in [0.2, 0.25) is 0 Å². The smallest absolute Gasteiger partial charge is 0.264 e. The van der Waals surface area contributed by atoms with Crippen molar-refractivity contribution in [3.05, 3.63) is 90.0 Å². The van der Waals surface area contributed by atoms with Gasteiger partial charge in [-0.3, -0.25) is 13.9 Å². The molecule has 2 amide bonds.